The van der Waals surface area contributed by atoms with E-state index in [1.54, 1.807) is 32.4 Å². The van der Waals surface area contributed by atoms with Gasteiger partial charge in [-0.1, -0.05) is 32.0 Å². The van der Waals surface area contributed by atoms with Crippen molar-refractivity contribution in [2.75, 3.05) is 26.1 Å². The highest BCUT2D eigenvalue weighted by atomic mass is 16.5. The number of rotatable bonds is 8. The van der Waals surface area contributed by atoms with E-state index in [4.69, 9.17) is 9.47 Å². The van der Waals surface area contributed by atoms with Gasteiger partial charge in [0.1, 0.15) is 0 Å². The van der Waals surface area contributed by atoms with Gasteiger partial charge in [-0.15, -0.1) is 0 Å². The van der Waals surface area contributed by atoms with Crippen LogP contribution in [0.4, 0.5) is 5.69 Å². The number of para-hydroxylation sites is 1. The zero-order valence-electron chi connectivity index (χ0n) is 15.2. The van der Waals surface area contributed by atoms with E-state index in [0.717, 1.165) is 5.69 Å². The van der Waals surface area contributed by atoms with Crippen molar-refractivity contribution in [1.29, 1.82) is 0 Å². The standard InChI is InChI=1S/C20H26N2O3/c1-14(2)17(22-16-8-6-5-7-9-16)13-21-20(23)15-10-11-18(24-3)19(12-15)25-4/h5-12,14,17,22H,13H2,1-4H3,(H,21,23). The van der Waals surface area contributed by atoms with E-state index in [0.29, 0.717) is 29.5 Å². The summed E-state index contributed by atoms with van der Waals surface area (Å²) in [4.78, 5) is 12.5. The number of ether oxygens (including phenoxy) is 2. The molecule has 134 valence electrons. The summed E-state index contributed by atoms with van der Waals surface area (Å²) in [5.41, 5.74) is 1.58. The number of nitrogens with one attached hydrogen (secondary N) is 2. The van der Waals surface area contributed by atoms with Crippen LogP contribution in [0.15, 0.2) is 48.5 Å². The van der Waals surface area contributed by atoms with Crippen molar-refractivity contribution < 1.29 is 14.3 Å². The smallest absolute Gasteiger partial charge is 0.251 e. The number of hydrogen-bond acceptors (Lipinski definition) is 4. The Morgan fingerprint density at radius 2 is 1.68 bits per heavy atom. The van der Waals surface area contributed by atoms with Crippen LogP contribution in [0.5, 0.6) is 11.5 Å². The highest BCUT2D eigenvalue weighted by Crippen LogP contribution is 2.27. The van der Waals surface area contributed by atoms with Gasteiger partial charge in [-0.25, -0.2) is 0 Å². The molecular weight excluding hydrogens is 316 g/mol. The summed E-state index contributed by atoms with van der Waals surface area (Å²) in [5, 5.41) is 6.46. The van der Waals surface area contributed by atoms with Crippen molar-refractivity contribution >= 4 is 11.6 Å². The molecule has 0 aromatic heterocycles. The molecule has 0 fully saturated rings. The molecule has 2 aromatic carbocycles. The maximum Gasteiger partial charge on any atom is 0.251 e. The van der Waals surface area contributed by atoms with Gasteiger partial charge in [0.2, 0.25) is 0 Å². The van der Waals surface area contributed by atoms with Gasteiger partial charge in [0.15, 0.2) is 11.5 Å². The number of carbonyl (C=O) groups is 1. The van der Waals surface area contributed by atoms with Crippen molar-refractivity contribution in [1.82, 2.24) is 5.32 Å². The number of hydrogen-bond donors (Lipinski definition) is 2. The molecule has 0 spiro atoms. The molecular formula is C20H26N2O3. The second-order valence-corrected chi connectivity index (χ2v) is 6.14. The molecule has 0 aliphatic carbocycles. The Bertz CT molecular complexity index is 687. The molecule has 0 bridgehead atoms. The zero-order chi connectivity index (χ0) is 18.2. The van der Waals surface area contributed by atoms with E-state index >= 15 is 0 Å². The summed E-state index contributed by atoms with van der Waals surface area (Å²) in [6.45, 7) is 4.78. The number of anilines is 1. The van der Waals surface area contributed by atoms with Crippen LogP contribution in [0.1, 0.15) is 24.2 Å². The molecule has 0 saturated carbocycles. The minimum Gasteiger partial charge on any atom is -0.493 e. The minimum absolute atomic E-state index is 0.131. The molecule has 25 heavy (non-hydrogen) atoms. The van der Waals surface area contributed by atoms with Crippen LogP contribution in [-0.2, 0) is 0 Å². The molecule has 2 N–H and O–H groups in total. The van der Waals surface area contributed by atoms with Crippen molar-refractivity contribution in [3.63, 3.8) is 0 Å². The third kappa shape index (κ3) is 5.14. The van der Waals surface area contributed by atoms with Gasteiger partial charge in [0.05, 0.1) is 14.2 Å². The largest absolute Gasteiger partial charge is 0.493 e. The van der Waals surface area contributed by atoms with Crippen LogP contribution in [0.3, 0.4) is 0 Å². The van der Waals surface area contributed by atoms with E-state index in [-0.39, 0.29) is 11.9 Å². The first kappa shape index (κ1) is 18.6. The predicted molar refractivity (Wildman–Crippen MR) is 101 cm³/mol. The third-order valence-corrected chi connectivity index (χ3v) is 4.06. The Morgan fingerprint density at radius 3 is 2.28 bits per heavy atom. The van der Waals surface area contributed by atoms with Crippen molar-refractivity contribution in [3.05, 3.63) is 54.1 Å². The summed E-state index contributed by atoms with van der Waals surface area (Å²) in [7, 11) is 3.12. The Kier molecular flexibility index (Phi) is 6.69. The quantitative estimate of drug-likeness (QED) is 0.770. The second kappa shape index (κ2) is 8.97. The molecule has 5 heteroatoms. The maximum atomic E-state index is 12.5. The summed E-state index contributed by atoms with van der Waals surface area (Å²) in [6.07, 6.45) is 0. The first-order chi connectivity index (χ1) is 12.0. The van der Waals surface area contributed by atoms with Crippen LogP contribution in [0.2, 0.25) is 0 Å². The van der Waals surface area contributed by atoms with Gasteiger partial charge in [0.25, 0.3) is 5.91 Å². The lowest BCUT2D eigenvalue weighted by molar-refractivity contribution is 0.0950. The fourth-order valence-electron chi connectivity index (χ4n) is 2.48. The van der Waals surface area contributed by atoms with E-state index < -0.39 is 0 Å². The van der Waals surface area contributed by atoms with Gasteiger partial charge in [-0.2, -0.15) is 0 Å². The maximum absolute atomic E-state index is 12.5. The highest BCUT2D eigenvalue weighted by Gasteiger charge is 2.16. The van der Waals surface area contributed by atoms with Crippen LogP contribution >= 0.6 is 0 Å². The molecule has 1 atom stereocenters. The van der Waals surface area contributed by atoms with Crippen molar-refractivity contribution in [2.45, 2.75) is 19.9 Å². The normalized spacial score (nSPS) is 11.7. The Hall–Kier alpha value is -2.69. The van der Waals surface area contributed by atoms with Crippen LogP contribution < -0.4 is 20.1 Å². The van der Waals surface area contributed by atoms with E-state index in [1.165, 1.54) is 0 Å². The lowest BCUT2D eigenvalue weighted by Crippen LogP contribution is -2.39. The third-order valence-electron chi connectivity index (χ3n) is 4.06. The first-order valence-electron chi connectivity index (χ1n) is 8.37. The molecule has 2 rings (SSSR count). The number of methoxy groups -OCH3 is 2. The lowest BCUT2D eigenvalue weighted by Gasteiger charge is -2.24. The minimum atomic E-state index is -0.138. The zero-order valence-corrected chi connectivity index (χ0v) is 15.2. The van der Waals surface area contributed by atoms with Crippen LogP contribution in [0.25, 0.3) is 0 Å². The summed E-state index contributed by atoms with van der Waals surface area (Å²) in [5.74, 6) is 1.37. The molecule has 5 nitrogen and oxygen atoms in total. The van der Waals surface area contributed by atoms with Crippen molar-refractivity contribution in [2.24, 2.45) is 5.92 Å². The lowest BCUT2D eigenvalue weighted by atomic mass is 10.0. The summed E-state index contributed by atoms with van der Waals surface area (Å²) in [6, 6.07) is 15.3. The van der Waals surface area contributed by atoms with E-state index in [2.05, 4.69) is 24.5 Å². The Labute approximate surface area is 149 Å². The number of amides is 1. The highest BCUT2D eigenvalue weighted by molar-refractivity contribution is 5.94. The number of carbonyl (C=O) groups excluding carboxylic acids is 1. The molecule has 0 aliphatic rings. The molecule has 0 aliphatic heterocycles. The van der Waals surface area contributed by atoms with Crippen LogP contribution in [0, 0.1) is 5.92 Å². The number of benzene rings is 2. The molecule has 1 amide bonds. The second-order valence-electron chi connectivity index (χ2n) is 6.14. The van der Waals surface area contributed by atoms with E-state index in [1.807, 2.05) is 30.3 Å². The molecule has 0 heterocycles. The SMILES string of the molecule is COc1ccc(C(=O)NCC(Nc2ccccc2)C(C)C)cc1OC. The average Bonchev–Trinajstić information content (AvgIpc) is 2.64. The van der Waals surface area contributed by atoms with Crippen LogP contribution in [-0.4, -0.2) is 32.7 Å². The van der Waals surface area contributed by atoms with Crippen molar-refractivity contribution in [3.8, 4) is 11.5 Å². The molecule has 1 unspecified atom stereocenters. The molecule has 2 aromatic rings. The summed E-state index contributed by atoms with van der Waals surface area (Å²) >= 11 is 0. The Morgan fingerprint density at radius 1 is 1.00 bits per heavy atom. The fraction of sp³-hybridized carbons (Fsp3) is 0.350. The van der Waals surface area contributed by atoms with Gasteiger partial charge < -0.3 is 20.1 Å². The fourth-order valence-corrected chi connectivity index (χ4v) is 2.48. The summed E-state index contributed by atoms with van der Waals surface area (Å²) < 4.78 is 10.5. The van der Waals surface area contributed by atoms with Gasteiger partial charge in [0, 0.05) is 23.8 Å². The average molecular weight is 342 g/mol. The monoisotopic (exact) mass is 342 g/mol. The van der Waals surface area contributed by atoms with E-state index in [9.17, 15) is 4.79 Å². The van der Waals surface area contributed by atoms with Gasteiger partial charge in [-0.05, 0) is 36.2 Å². The molecule has 0 saturated heterocycles. The predicted octanol–water partition coefficient (Wildman–Crippen LogP) is 3.57. The Balaban J connectivity index is 2.01. The molecule has 0 radical (unpaired) electrons. The topological polar surface area (TPSA) is 59.6 Å². The van der Waals surface area contributed by atoms with Gasteiger partial charge >= 0.3 is 0 Å². The first-order valence-corrected chi connectivity index (χ1v) is 8.37. The van der Waals surface area contributed by atoms with Gasteiger partial charge in [-0.3, -0.25) is 4.79 Å².